The van der Waals surface area contributed by atoms with Crippen molar-refractivity contribution in [3.05, 3.63) is 59.3 Å². The SMILES string of the molecule is CCOC(=O)c1c(C)n(-c2ccc(C)cc2)c2ccc(OC[C@H](O)CNC3CCCC3)cc12. The number of carbonyl (C=O) groups is 1. The van der Waals surface area contributed by atoms with Crippen molar-refractivity contribution < 1.29 is 19.4 Å². The van der Waals surface area contributed by atoms with Crippen LogP contribution in [0.1, 0.15) is 54.2 Å². The summed E-state index contributed by atoms with van der Waals surface area (Å²) < 4.78 is 13.3. The van der Waals surface area contributed by atoms with Gasteiger partial charge in [-0.3, -0.25) is 0 Å². The van der Waals surface area contributed by atoms with E-state index in [1.807, 2.05) is 32.0 Å². The third-order valence-corrected chi connectivity index (χ3v) is 6.39. The monoisotopic (exact) mass is 450 g/mol. The molecule has 0 spiro atoms. The molecular weight excluding hydrogens is 416 g/mol. The first-order valence-electron chi connectivity index (χ1n) is 11.9. The number of carbonyl (C=O) groups excluding carboxylic acids is 1. The number of aliphatic hydroxyl groups excluding tert-OH is 1. The van der Waals surface area contributed by atoms with E-state index >= 15 is 0 Å². The Kier molecular flexibility index (Phi) is 7.36. The number of nitrogens with zero attached hydrogens (tertiary/aromatic N) is 1. The zero-order valence-electron chi connectivity index (χ0n) is 19.8. The van der Waals surface area contributed by atoms with Crippen LogP contribution in [-0.4, -0.2) is 47.5 Å². The van der Waals surface area contributed by atoms with E-state index in [4.69, 9.17) is 9.47 Å². The molecule has 4 rings (SSSR count). The maximum atomic E-state index is 12.8. The second kappa shape index (κ2) is 10.4. The number of esters is 1. The molecule has 3 aromatic rings. The Hall–Kier alpha value is -2.83. The molecule has 1 aromatic heterocycles. The molecular formula is C27H34N2O4. The van der Waals surface area contributed by atoms with Gasteiger partial charge in [0, 0.05) is 29.4 Å². The van der Waals surface area contributed by atoms with E-state index in [2.05, 4.69) is 41.1 Å². The predicted molar refractivity (Wildman–Crippen MR) is 130 cm³/mol. The second-order valence-electron chi connectivity index (χ2n) is 8.89. The van der Waals surface area contributed by atoms with Gasteiger partial charge in [0.2, 0.25) is 0 Å². The minimum absolute atomic E-state index is 0.192. The van der Waals surface area contributed by atoms with E-state index in [1.54, 1.807) is 0 Å². The molecule has 6 heteroatoms. The molecule has 0 unspecified atom stereocenters. The highest BCUT2D eigenvalue weighted by molar-refractivity contribution is 6.07. The summed E-state index contributed by atoms with van der Waals surface area (Å²) in [5, 5.41) is 14.6. The second-order valence-corrected chi connectivity index (χ2v) is 8.89. The number of fused-ring (bicyclic) bond motifs is 1. The Labute approximate surface area is 195 Å². The normalized spacial score (nSPS) is 15.2. The third kappa shape index (κ3) is 5.23. The Morgan fingerprint density at radius 2 is 1.88 bits per heavy atom. The van der Waals surface area contributed by atoms with Crippen molar-refractivity contribution in [1.82, 2.24) is 9.88 Å². The average molecular weight is 451 g/mol. The van der Waals surface area contributed by atoms with Crippen molar-refractivity contribution in [3.8, 4) is 11.4 Å². The van der Waals surface area contributed by atoms with Crippen LogP contribution in [0.5, 0.6) is 5.75 Å². The van der Waals surface area contributed by atoms with Crippen LogP contribution < -0.4 is 10.1 Å². The van der Waals surface area contributed by atoms with Gasteiger partial charge in [0.05, 0.1) is 17.7 Å². The number of hydrogen-bond acceptors (Lipinski definition) is 5. The van der Waals surface area contributed by atoms with Gasteiger partial charge >= 0.3 is 5.97 Å². The van der Waals surface area contributed by atoms with Gasteiger partial charge in [-0.25, -0.2) is 4.79 Å². The number of aromatic nitrogens is 1. The van der Waals surface area contributed by atoms with Crippen LogP contribution in [0, 0.1) is 13.8 Å². The summed E-state index contributed by atoms with van der Waals surface area (Å²) in [5.41, 5.74) is 4.44. The van der Waals surface area contributed by atoms with Gasteiger partial charge < -0.3 is 24.5 Å². The van der Waals surface area contributed by atoms with Crippen molar-refractivity contribution in [2.24, 2.45) is 0 Å². The van der Waals surface area contributed by atoms with E-state index in [0.717, 1.165) is 22.3 Å². The summed E-state index contributed by atoms with van der Waals surface area (Å²) in [6, 6.07) is 14.4. The van der Waals surface area contributed by atoms with Crippen LogP contribution in [0.25, 0.3) is 16.6 Å². The van der Waals surface area contributed by atoms with Crippen LogP contribution in [0.2, 0.25) is 0 Å². The summed E-state index contributed by atoms with van der Waals surface area (Å²) in [6.07, 6.45) is 4.28. The lowest BCUT2D eigenvalue weighted by molar-refractivity contribution is 0.0527. The fourth-order valence-corrected chi connectivity index (χ4v) is 4.66. The third-order valence-electron chi connectivity index (χ3n) is 6.39. The number of aliphatic hydroxyl groups is 1. The quantitative estimate of drug-likeness (QED) is 0.463. The number of benzene rings is 2. The fraction of sp³-hybridized carbons (Fsp3) is 0.444. The zero-order valence-corrected chi connectivity index (χ0v) is 19.8. The molecule has 1 saturated carbocycles. The van der Waals surface area contributed by atoms with Gasteiger partial charge in [0.25, 0.3) is 0 Å². The Bertz CT molecular complexity index is 1100. The molecule has 1 aliphatic rings. The first-order chi connectivity index (χ1) is 16.0. The van der Waals surface area contributed by atoms with Gasteiger partial charge in [-0.1, -0.05) is 30.5 Å². The van der Waals surface area contributed by atoms with Crippen LogP contribution in [-0.2, 0) is 4.74 Å². The van der Waals surface area contributed by atoms with Crippen molar-refractivity contribution in [2.75, 3.05) is 19.8 Å². The summed E-state index contributed by atoms with van der Waals surface area (Å²) >= 11 is 0. The van der Waals surface area contributed by atoms with Crippen LogP contribution in [0.4, 0.5) is 0 Å². The standard InChI is InChI=1S/C27H34N2O4/c1-4-32-27(31)26-19(3)29(21-11-9-18(2)10-12-21)25-14-13-23(15-24(25)26)33-17-22(30)16-28-20-7-5-6-8-20/h9-15,20,22,28,30H,4-8,16-17H2,1-3H3/t22-/m1/s1. The molecule has 1 atom stereocenters. The highest BCUT2D eigenvalue weighted by Gasteiger charge is 2.23. The molecule has 0 amide bonds. The van der Waals surface area contributed by atoms with Gasteiger partial charge in [0.15, 0.2) is 0 Å². The summed E-state index contributed by atoms with van der Waals surface area (Å²) in [4.78, 5) is 12.8. The highest BCUT2D eigenvalue weighted by atomic mass is 16.5. The molecule has 2 aromatic carbocycles. The number of hydrogen-bond donors (Lipinski definition) is 2. The Morgan fingerprint density at radius 3 is 2.58 bits per heavy atom. The number of ether oxygens (including phenoxy) is 2. The maximum absolute atomic E-state index is 12.8. The van der Waals surface area contributed by atoms with Crippen LogP contribution in [0.3, 0.4) is 0 Å². The minimum atomic E-state index is -0.593. The summed E-state index contributed by atoms with van der Waals surface area (Å²) in [6.45, 7) is 6.82. The maximum Gasteiger partial charge on any atom is 0.340 e. The smallest absolute Gasteiger partial charge is 0.340 e. The zero-order chi connectivity index (χ0) is 23.4. The van der Waals surface area contributed by atoms with Crippen LogP contribution >= 0.6 is 0 Å². The minimum Gasteiger partial charge on any atom is -0.491 e. The number of rotatable bonds is 9. The summed E-state index contributed by atoms with van der Waals surface area (Å²) in [5.74, 6) is 0.276. The lowest BCUT2D eigenvalue weighted by atomic mass is 10.1. The van der Waals surface area contributed by atoms with Gasteiger partial charge in [-0.05, 0) is 63.9 Å². The molecule has 1 heterocycles. The molecule has 0 saturated heterocycles. The number of nitrogens with one attached hydrogen (secondary N) is 1. The van der Waals surface area contributed by atoms with Gasteiger partial charge in [-0.2, -0.15) is 0 Å². The van der Waals surface area contributed by atoms with E-state index in [-0.39, 0.29) is 12.6 Å². The van der Waals surface area contributed by atoms with E-state index in [0.29, 0.717) is 30.5 Å². The predicted octanol–water partition coefficient (Wildman–Crippen LogP) is 4.70. The van der Waals surface area contributed by atoms with Crippen molar-refractivity contribution in [1.29, 1.82) is 0 Å². The van der Waals surface area contributed by atoms with E-state index in [1.165, 1.54) is 31.2 Å². The van der Waals surface area contributed by atoms with Crippen molar-refractivity contribution in [2.45, 2.75) is 58.6 Å². The molecule has 33 heavy (non-hydrogen) atoms. The molecule has 0 aliphatic heterocycles. The lowest BCUT2D eigenvalue weighted by Crippen LogP contribution is -2.36. The van der Waals surface area contributed by atoms with Crippen molar-refractivity contribution in [3.63, 3.8) is 0 Å². The summed E-state index contributed by atoms with van der Waals surface area (Å²) in [7, 11) is 0. The first-order valence-corrected chi connectivity index (χ1v) is 11.9. The van der Waals surface area contributed by atoms with Crippen LogP contribution in [0.15, 0.2) is 42.5 Å². The fourth-order valence-electron chi connectivity index (χ4n) is 4.66. The van der Waals surface area contributed by atoms with Gasteiger partial charge in [-0.15, -0.1) is 0 Å². The Morgan fingerprint density at radius 1 is 1.15 bits per heavy atom. The molecule has 0 bridgehead atoms. The largest absolute Gasteiger partial charge is 0.491 e. The molecule has 1 fully saturated rings. The van der Waals surface area contributed by atoms with Gasteiger partial charge in [0.1, 0.15) is 18.5 Å². The molecule has 0 radical (unpaired) electrons. The average Bonchev–Trinajstić information content (AvgIpc) is 3.42. The molecule has 2 N–H and O–H groups in total. The highest BCUT2D eigenvalue weighted by Crippen LogP contribution is 2.32. The topological polar surface area (TPSA) is 72.7 Å². The molecule has 176 valence electrons. The lowest BCUT2D eigenvalue weighted by Gasteiger charge is -2.17. The van der Waals surface area contributed by atoms with E-state index < -0.39 is 6.10 Å². The Balaban J connectivity index is 1.59. The van der Waals surface area contributed by atoms with Crippen molar-refractivity contribution >= 4 is 16.9 Å². The molecule has 1 aliphatic carbocycles. The molecule has 6 nitrogen and oxygen atoms in total. The number of aryl methyl sites for hydroxylation is 1. The first kappa shape index (κ1) is 23.3. The van der Waals surface area contributed by atoms with E-state index in [9.17, 15) is 9.90 Å².